The van der Waals surface area contributed by atoms with Crippen LogP contribution in [0.2, 0.25) is 18.1 Å². The van der Waals surface area contributed by atoms with E-state index in [0.29, 0.717) is 31.8 Å². The second kappa shape index (κ2) is 8.47. The van der Waals surface area contributed by atoms with Crippen LogP contribution in [-0.2, 0) is 14.0 Å². The fourth-order valence-corrected chi connectivity index (χ4v) is 3.87. The number of aliphatic carboxylic acids is 1. The lowest BCUT2D eigenvalue weighted by atomic mass is 10.1. The van der Waals surface area contributed by atoms with E-state index in [-0.39, 0.29) is 23.4 Å². The molecule has 1 aliphatic heterocycles. The number of carbonyl (C=O) groups is 2. The van der Waals surface area contributed by atoms with Crippen LogP contribution in [0.4, 0.5) is 0 Å². The van der Waals surface area contributed by atoms with Gasteiger partial charge < -0.3 is 14.4 Å². The van der Waals surface area contributed by atoms with Crippen LogP contribution < -0.4 is 0 Å². The molecule has 2 atom stereocenters. The Bertz CT molecular complexity index is 445. The molecule has 5 nitrogen and oxygen atoms in total. The van der Waals surface area contributed by atoms with E-state index in [0.717, 1.165) is 13.0 Å². The van der Waals surface area contributed by atoms with E-state index in [2.05, 4.69) is 40.8 Å². The summed E-state index contributed by atoms with van der Waals surface area (Å²) >= 11 is 0. The minimum Gasteiger partial charge on any atom is -0.481 e. The van der Waals surface area contributed by atoms with Crippen LogP contribution in [0.15, 0.2) is 0 Å². The van der Waals surface area contributed by atoms with E-state index in [1.165, 1.54) is 0 Å². The summed E-state index contributed by atoms with van der Waals surface area (Å²) in [6.07, 6.45) is 2.79. The lowest BCUT2D eigenvalue weighted by molar-refractivity contribution is -0.137. The molecule has 140 valence electrons. The number of carbonyl (C=O) groups excluding carboxylic acids is 1. The van der Waals surface area contributed by atoms with Crippen molar-refractivity contribution >= 4 is 20.2 Å². The second-order valence-corrected chi connectivity index (χ2v) is 13.5. The van der Waals surface area contributed by atoms with Crippen molar-refractivity contribution in [1.82, 2.24) is 4.90 Å². The average molecular weight is 358 g/mol. The van der Waals surface area contributed by atoms with Gasteiger partial charge in [0.05, 0.1) is 12.6 Å². The highest BCUT2D eigenvalue weighted by Crippen LogP contribution is 2.37. The molecular formula is C18H35NO4Si. The lowest BCUT2D eigenvalue weighted by Gasteiger charge is -2.38. The van der Waals surface area contributed by atoms with Crippen LogP contribution in [0, 0.1) is 5.92 Å². The second-order valence-electron chi connectivity index (χ2n) is 8.71. The zero-order chi connectivity index (χ0) is 18.5. The van der Waals surface area contributed by atoms with Gasteiger partial charge >= 0.3 is 5.97 Å². The predicted molar refractivity (Wildman–Crippen MR) is 98.5 cm³/mol. The average Bonchev–Trinajstić information content (AvgIpc) is 2.81. The van der Waals surface area contributed by atoms with Gasteiger partial charge in [-0.1, -0.05) is 27.7 Å². The molecule has 0 aromatic carbocycles. The van der Waals surface area contributed by atoms with Gasteiger partial charge in [0.2, 0.25) is 5.91 Å². The Morgan fingerprint density at radius 3 is 2.33 bits per heavy atom. The molecule has 1 amide bonds. The Labute approximate surface area is 147 Å². The highest BCUT2D eigenvalue weighted by Gasteiger charge is 2.40. The van der Waals surface area contributed by atoms with Gasteiger partial charge in [-0.2, -0.15) is 0 Å². The number of rotatable bonds is 8. The van der Waals surface area contributed by atoms with E-state index in [9.17, 15) is 9.59 Å². The number of hydrogen-bond donors (Lipinski definition) is 1. The monoisotopic (exact) mass is 357 g/mol. The molecule has 0 radical (unpaired) electrons. The molecule has 0 unspecified atom stereocenters. The van der Waals surface area contributed by atoms with E-state index in [1.807, 2.05) is 4.90 Å². The smallest absolute Gasteiger partial charge is 0.303 e. The predicted octanol–water partition coefficient (Wildman–Crippen LogP) is 3.89. The molecule has 1 rings (SSSR count). The highest BCUT2D eigenvalue weighted by atomic mass is 28.4. The Kier molecular flexibility index (Phi) is 7.47. The molecule has 6 heteroatoms. The SMILES string of the molecule is C[C@@H]1C[C@@H](CO[Si](C)(C)C(C)(C)C)N(C(=O)CCCCC(=O)O)C1. The summed E-state index contributed by atoms with van der Waals surface area (Å²) in [6.45, 7) is 14.8. The van der Waals surface area contributed by atoms with Crippen molar-refractivity contribution in [3.63, 3.8) is 0 Å². The first-order chi connectivity index (χ1) is 10.9. The Hall–Kier alpha value is -0.883. The van der Waals surface area contributed by atoms with Crippen molar-refractivity contribution in [2.45, 2.75) is 84.0 Å². The maximum atomic E-state index is 12.5. The van der Waals surface area contributed by atoms with E-state index in [1.54, 1.807) is 0 Å². The van der Waals surface area contributed by atoms with Crippen molar-refractivity contribution < 1.29 is 19.1 Å². The van der Waals surface area contributed by atoms with Crippen molar-refractivity contribution in [3.8, 4) is 0 Å². The first-order valence-electron chi connectivity index (χ1n) is 9.09. The van der Waals surface area contributed by atoms with Gasteiger partial charge in [0.25, 0.3) is 0 Å². The van der Waals surface area contributed by atoms with E-state index < -0.39 is 14.3 Å². The fraction of sp³-hybridized carbons (Fsp3) is 0.889. The Morgan fingerprint density at radius 2 is 1.79 bits per heavy atom. The first kappa shape index (κ1) is 21.2. The molecule has 0 bridgehead atoms. The van der Waals surface area contributed by atoms with Crippen LogP contribution in [0.5, 0.6) is 0 Å². The van der Waals surface area contributed by atoms with Crippen molar-refractivity contribution in [3.05, 3.63) is 0 Å². The highest BCUT2D eigenvalue weighted by molar-refractivity contribution is 6.74. The van der Waals surface area contributed by atoms with Crippen molar-refractivity contribution in [2.75, 3.05) is 13.2 Å². The van der Waals surface area contributed by atoms with Gasteiger partial charge in [0.15, 0.2) is 8.32 Å². The quantitative estimate of drug-likeness (QED) is 0.528. The van der Waals surface area contributed by atoms with Gasteiger partial charge in [0.1, 0.15) is 0 Å². The van der Waals surface area contributed by atoms with Crippen LogP contribution in [-0.4, -0.2) is 49.4 Å². The summed E-state index contributed by atoms with van der Waals surface area (Å²) in [4.78, 5) is 25.0. The standard InChI is InChI=1S/C18H35NO4Si/c1-14-11-15(13-23-24(5,6)18(2,3)4)19(12-14)16(20)9-7-8-10-17(21)22/h14-15H,7-13H2,1-6H3,(H,21,22)/t14-,15+/m1/s1. The van der Waals surface area contributed by atoms with Crippen LogP contribution >= 0.6 is 0 Å². The summed E-state index contributed by atoms with van der Waals surface area (Å²) in [6, 6.07) is 0.168. The zero-order valence-electron chi connectivity index (χ0n) is 16.2. The van der Waals surface area contributed by atoms with E-state index >= 15 is 0 Å². The van der Waals surface area contributed by atoms with Crippen LogP contribution in [0.25, 0.3) is 0 Å². The molecule has 0 saturated carbocycles. The number of likely N-dealkylation sites (tertiary alicyclic amines) is 1. The number of unbranched alkanes of at least 4 members (excludes halogenated alkanes) is 1. The first-order valence-corrected chi connectivity index (χ1v) is 12.0. The number of amides is 1. The molecule has 1 fully saturated rings. The molecule has 24 heavy (non-hydrogen) atoms. The normalized spacial score (nSPS) is 22.0. The van der Waals surface area contributed by atoms with E-state index in [4.69, 9.17) is 9.53 Å². The topological polar surface area (TPSA) is 66.8 Å². The minimum absolute atomic E-state index is 0.140. The number of carboxylic acids is 1. The Balaban J connectivity index is 2.53. The fourth-order valence-electron chi connectivity index (χ4n) is 2.83. The third-order valence-electron chi connectivity index (χ3n) is 5.42. The summed E-state index contributed by atoms with van der Waals surface area (Å²) in [7, 11) is -1.81. The third-order valence-corrected chi connectivity index (χ3v) is 9.92. The zero-order valence-corrected chi connectivity index (χ0v) is 17.2. The summed E-state index contributed by atoms with van der Waals surface area (Å²) in [5.74, 6) is -0.146. The maximum Gasteiger partial charge on any atom is 0.303 e. The van der Waals surface area contributed by atoms with Crippen molar-refractivity contribution in [1.29, 1.82) is 0 Å². The van der Waals surface area contributed by atoms with Gasteiger partial charge in [-0.3, -0.25) is 9.59 Å². The summed E-state index contributed by atoms with van der Waals surface area (Å²) in [5.41, 5.74) is 0. The van der Waals surface area contributed by atoms with Crippen LogP contribution in [0.1, 0.15) is 59.8 Å². The molecule has 1 heterocycles. The van der Waals surface area contributed by atoms with Gasteiger partial charge in [-0.25, -0.2) is 0 Å². The number of nitrogens with zero attached hydrogens (tertiary/aromatic N) is 1. The molecule has 1 saturated heterocycles. The lowest BCUT2D eigenvalue weighted by Crippen LogP contribution is -2.45. The molecule has 0 aromatic rings. The molecule has 1 N–H and O–H groups in total. The van der Waals surface area contributed by atoms with Gasteiger partial charge in [-0.15, -0.1) is 0 Å². The maximum absolute atomic E-state index is 12.5. The third kappa shape index (κ3) is 6.20. The Morgan fingerprint density at radius 1 is 1.21 bits per heavy atom. The number of hydrogen-bond acceptors (Lipinski definition) is 3. The van der Waals surface area contributed by atoms with Crippen LogP contribution in [0.3, 0.4) is 0 Å². The molecule has 0 aromatic heterocycles. The largest absolute Gasteiger partial charge is 0.481 e. The number of carboxylic acid groups (broad SMARTS) is 1. The van der Waals surface area contributed by atoms with Gasteiger partial charge in [0, 0.05) is 19.4 Å². The summed E-state index contributed by atoms with van der Waals surface area (Å²) in [5, 5.41) is 8.84. The molecule has 1 aliphatic rings. The van der Waals surface area contributed by atoms with Crippen molar-refractivity contribution in [2.24, 2.45) is 5.92 Å². The minimum atomic E-state index is -1.81. The molecule has 0 aliphatic carbocycles. The summed E-state index contributed by atoms with van der Waals surface area (Å²) < 4.78 is 6.33. The van der Waals surface area contributed by atoms with Gasteiger partial charge in [-0.05, 0) is 43.3 Å². The molecule has 0 spiro atoms. The molecular weight excluding hydrogens is 322 g/mol.